The fraction of sp³-hybridized carbons (Fsp3) is 0.276. The lowest BCUT2D eigenvalue weighted by atomic mass is 9.98. The van der Waals surface area contributed by atoms with Crippen LogP contribution in [0.25, 0.3) is 109 Å². The summed E-state index contributed by atoms with van der Waals surface area (Å²) in [6, 6.07) is 53.3. The van der Waals surface area contributed by atoms with Crippen LogP contribution in [0, 0.1) is 0 Å². The number of primary amides is 1. The number of fused-ring (bicyclic) bond motifs is 10. The van der Waals surface area contributed by atoms with Crippen LogP contribution in [-0.4, -0.2) is 90.6 Å². The summed E-state index contributed by atoms with van der Waals surface area (Å²) in [6.07, 6.45) is 22.3. The van der Waals surface area contributed by atoms with E-state index in [-0.39, 0.29) is 17.3 Å². The summed E-state index contributed by atoms with van der Waals surface area (Å²) in [7, 11) is 0. The zero-order valence-corrected chi connectivity index (χ0v) is 85.4. The topological polar surface area (TPSA) is 308 Å². The number of pyridine rings is 15. The van der Waals surface area contributed by atoms with Gasteiger partial charge in [0.05, 0.1) is 60.8 Å². The second kappa shape index (κ2) is 50.4. The molecule has 21 nitrogen and oxygen atoms in total. The Labute approximate surface area is 840 Å². The zero-order chi connectivity index (χ0) is 104. The van der Waals surface area contributed by atoms with Crippen molar-refractivity contribution in [2.24, 2.45) is 5.73 Å². The maximum absolute atomic E-state index is 12.5. The van der Waals surface area contributed by atoms with E-state index in [0.29, 0.717) is 86.2 Å². The van der Waals surface area contributed by atoms with Gasteiger partial charge in [0.2, 0.25) is 5.91 Å². The van der Waals surface area contributed by atoms with Crippen molar-refractivity contribution in [1.82, 2.24) is 84.7 Å². The van der Waals surface area contributed by atoms with Crippen molar-refractivity contribution in [2.45, 2.75) is 210 Å². The number of aromatic nitrogens is 17. The van der Waals surface area contributed by atoms with Gasteiger partial charge in [-0.1, -0.05) is 174 Å². The molecule has 144 heavy (non-hydrogen) atoms. The number of hydrogen-bond donors (Lipinski definition) is 3. The van der Waals surface area contributed by atoms with E-state index >= 15 is 0 Å². The van der Waals surface area contributed by atoms with Crippen LogP contribution < -0.4 is 16.9 Å². The number of benzene rings is 4. The molecule has 0 aliphatic carbocycles. The summed E-state index contributed by atoms with van der Waals surface area (Å²) in [4.78, 5) is 91.9. The van der Waals surface area contributed by atoms with Crippen LogP contribution in [0.1, 0.15) is 275 Å². The van der Waals surface area contributed by atoms with Crippen LogP contribution in [0.3, 0.4) is 0 Å². The molecule has 0 fully saturated rings. The summed E-state index contributed by atoms with van der Waals surface area (Å²) in [5.41, 5.74) is 30.1. The number of nitrogens with one attached hydrogen (secondary N) is 1. The number of nitrogens with two attached hydrogens (primary N) is 2. The van der Waals surface area contributed by atoms with Gasteiger partial charge in [0, 0.05) is 170 Å². The van der Waals surface area contributed by atoms with Crippen molar-refractivity contribution >= 4 is 133 Å². The molecule has 0 unspecified atom stereocenters. The second-order valence-electron chi connectivity index (χ2n) is 37.3. The lowest BCUT2D eigenvalue weighted by Gasteiger charge is -2.11. The van der Waals surface area contributed by atoms with Gasteiger partial charge in [0.25, 0.3) is 0 Å². The number of carbonyl (C=O) groups excluding carboxylic acids is 1. The van der Waals surface area contributed by atoms with E-state index in [2.05, 4.69) is 244 Å². The van der Waals surface area contributed by atoms with Crippen molar-refractivity contribution in [3.05, 3.63) is 375 Å². The molecule has 0 atom stereocenters. The number of para-hydroxylation sites is 1. The van der Waals surface area contributed by atoms with Crippen molar-refractivity contribution in [1.29, 1.82) is 0 Å². The number of anilines is 1. The number of halogens is 7. The Morgan fingerprint density at radius 2 is 0.715 bits per heavy atom. The minimum atomic E-state index is -4.43. The molecule has 742 valence electrons. The minimum Gasteiger partial charge on any atom is -0.383 e. The van der Waals surface area contributed by atoms with Crippen LogP contribution in [0.15, 0.2) is 292 Å². The molecule has 0 aliphatic rings. The number of aromatic amines is 1. The number of rotatable bonds is 11. The van der Waals surface area contributed by atoms with Gasteiger partial charge in [-0.2, -0.15) is 26.3 Å². The zero-order valence-electron chi connectivity index (χ0n) is 84.7. The first-order chi connectivity index (χ1) is 68.6. The molecule has 16 aromatic heterocycles. The minimum absolute atomic E-state index is 0.0375. The molecule has 1 amide bonds. The van der Waals surface area contributed by atoms with Gasteiger partial charge >= 0.3 is 12.4 Å². The van der Waals surface area contributed by atoms with E-state index in [1.807, 2.05) is 162 Å². The van der Waals surface area contributed by atoms with Gasteiger partial charge in [-0.05, 0) is 255 Å². The number of amides is 1. The molecule has 5 N–H and O–H groups in total. The third kappa shape index (κ3) is 28.6. The predicted octanol–water partition coefficient (Wildman–Crippen LogP) is 30.0. The summed E-state index contributed by atoms with van der Waals surface area (Å²) < 4.78 is 75.1. The molecule has 0 aliphatic heterocycles. The number of nitrogens with zero attached hydrogens (tertiary/aromatic N) is 16. The van der Waals surface area contributed by atoms with Crippen LogP contribution >= 0.6 is 11.6 Å². The van der Waals surface area contributed by atoms with Crippen LogP contribution in [0.5, 0.6) is 0 Å². The number of carbonyl (C=O) groups is 1. The average molecular weight is 1960 g/mol. The second-order valence-corrected chi connectivity index (χ2v) is 37.7. The van der Waals surface area contributed by atoms with E-state index in [1.165, 1.54) is 74.1 Å². The van der Waals surface area contributed by atoms with Gasteiger partial charge in [-0.25, -0.2) is 29.9 Å². The third-order valence-corrected chi connectivity index (χ3v) is 23.9. The molecule has 0 saturated carbocycles. The first kappa shape index (κ1) is 109. The Bertz CT molecular complexity index is 7340. The molecule has 0 bridgehead atoms. The summed E-state index contributed by atoms with van der Waals surface area (Å²) in [6.45, 7) is 42.4. The van der Waals surface area contributed by atoms with Gasteiger partial charge in [-0.3, -0.25) is 59.4 Å². The fourth-order valence-electron chi connectivity index (χ4n) is 16.3. The molecule has 20 aromatic rings. The molecular formula is C116H122ClF6N19O2. The maximum atomic E-state index is 12.5. The smallest absolute Gasteiger partial charge is 0.383 e. The van der Waals surface area contributed by atoms with Gasteiger partial charge in [0.15, 0.2) is 11.1 Å². The SMILES string of the molecule is CC(C)c1ccnc2[nH]ccc(=O)c12.CC(C)c1ccnc2cc(C(F)(F)F)ccc12.CC(C)c1ccnc2cc(C(F)(F)F)ncc12.CC(C)c1ccnc2ccc(C(N)=O)cc12.CC(C)c1ccnc2ccc(Cl)cc12.CC(C)c1ccnc2ccccc12.CC(C)c1ccnc2ccnc(N)c12.CC(C)c1ccnc2ccncc12.CC(C)c1ccnc2ncccc12.CC(C)c1ncnc2ccncc12. The van der Waals surface area contributed by atoms with Gasteiger partial charge < -0.3 is 16.5 Å². The first-order valence-electron chi connectivity index (χ1n) is 47.8. The Morgan fingerprint density at radius 1 is 0.312 bits per heavy atom. The molecule has 4 aromatic carbocycles. The molecule has 0 saturated heterocycles. The quantitative estimate of drug-likeness (QED) is 0.101. The van der Waals surface area contributed by atoms with E-state index in [4.69, 9.17) is 23.1 Å². The lowest BCUT2D eigenvalue weighted by Crippen LogP contribution is -2.10. The average Bonchev–Trinajstić information content (AvgIpc) is 0.795. The van der Waals surface area contributed by atoms with Crippen molar-refractivity contribution in [3.63, 3.8) is 0 Å². The summed E-state index contributed by atoms with van der Waals surface area (Å²) in [5, 5.41) is 10.8. The molecule has 0 spiro atoms. The molecular weight excluding hydrogens is 1840 g/mol. The highest BCUT2D eigenvalue weighted by Gasteiger charge is 2.33. The largest absolute Gasteiger partial charge is 0.433 e. The predicted molar refractivity (Wildman–Crippen MR) is 574 cm³/mol. The van der Waals surface area contributed by atoms with Crippen LogP contribution in [0.2, 0.25) is 5.02 Å². The fourth-order valence-corrected chi connectivity index (χ4v) is 16.5. The highest BCUT2D eigenvalue weighted by atomic mass is 35.5. The van der Waals surface area contributed by atoms with Crippen LogP contribution in [-0.2, 0) is 12.4 Å². The Kier molecular flexibility index (Phi) is 38.2. The van der Waals surface area contributed by atoms with Crippen molar-refractivity contribution < 1.29 is 31.1 Å². The Balaban J connectivity index is 0.000000153. The van der Waals surface area contributed by atoms with E-state index in [0.717, 1.165) is 111 Å². The number of nitrogen functional groups attached to an aromatic ring is 1. The lowest BCUT2D eigenvalue weighted by molar-refractivity contribution is -0.141. The Hall–Kier alpha value is -15.3. The number of alkyl halides is 6. The normalized spacial score (nSPS) is 11.3. The summed E-state index contributed by atoms with van der Waals surface area (Å²) in [5.74, 6) is 4.34. The van der Waals surface area contributed by atoms with Gasteiger partial charge in [0.1, 0.15) is 23.5 Å². The third-order valence-electron chi connectivity index (χ3n) is 23.7. The molecule has 16 heterocycles. The standard InChI is InChI=1S/C13H12F3N.C13H14N2O.C12H12ClN.C12H11F3N2.C12H13N.C11H13N3.C11H12N2O.2C11H12N2.C10H11N3/c1-8(2)10-5-6-17-12-7-9(13(14,15)16)3-4-11(10)12;1-8(2)10-5-6-15-12-4-3-9(13(14)16)7-11(10)12;1-8(2)10-5-6-14-12-4-3-9(13)7-11(10)12;1-7(2)8-3-4-16-10-5-11(12(13,14)15)17-6-9(8)10;1-9(2)10-7-8-13-12-6-4-3-5-11(10)12;1-7(2)8-3-5-13-9-4-6-14-11(12)10(8)9;1-7(2)8-3-5-12-11-10(8)9(14)4-6-13-11;1-8(2)9-3-6-13-11-4-5-12-7-10(9)11;1-8(2)9-5-7-13-11-10(9)4-3-6-12-11;1-7(2)10-8-5-11-4-3-9(8)12-6-13-10/h3-8H,1-2H3;3-8H,1-2H3,(H2,14,16);3-8H,1-2H3;3-7H,1-2H3;3-9H,1-2H3;3-7H,1-2H3,(H2,12,14);3-7H,1-2H3,(H,12,13,14);2*3-8H,1-2H3;3-7H,1-2H3. The summed E-state index contributed by atoms with van der Waals surface area (Å²) >= 11 is 5.97. The van der Waals surface area contributed by atoms with E-state index in [1.54, 1.807) is 62.0 Å². The monoisotopic (exact) mass is 1960 g/mol. The van der Waals surface area contributed by atoms with E-state index in [9.17, 15) is 35.9 Å². The highest BCUT2D eigenvalue weighted by molar-refractivity contribution is 6.31. The number of hydrogen-bond acceptors (Lipinski definition) is 19. The molecule has 28 heteroatoms. The maximum Gasteiger partial charge on any atom is 0.433 e. The molecule has 0 radical (unpaired) electrons. The van der Waals surface area contributed by atoms with Gasteiger partial charge in [-0.15, -0.1) is 0 Å². The molecule has 20 rings (SSSR count). The van der Waals surface area contributed by atoms with E-state index < -0.39 is 29.5 Å². The van der Waals surface area contributed by atoms with Crippen molar-refractivity contribution in [3.8, 4) is 0 Å². The van der Waals surface area contributed by atoms with Crippen molar-refractivity contribution in [2.75, 3.05) is 5.73 Å². The highest BCUT2D eigenvalue weighted by Crippen LogP contribution is 2.37. The van der Waals surface area contributed by atoms with Crippen LogP contribution in [0.4, 0.5) is 32.2 Å². The Morgan fingerprint density at radius 3 is 1.24 bits per heavy atom. The number of H-pyrrole nitrogens is 1. The first-order valence-corrected chi connectivity index (χ1v) is 48.2.